The lowest BCUT2D eigenvalue weighted by molar-refractivity contribution is -0.138. The summed E-state index contributed by atoms with van der Waals surface area (Å²) < 4.78 is 0. The van der Waals surface area contributed by atoms with E-state index in [2.05, 4.69) is 0 Å². The summed E-state index contributed by atoms with van der Waals surface area (Å²) in [7, 11) is 0. The molecule has 6 nitrogen and oxygen atoms in total. The van der Waals surface area contributed by atoms with Crippen LogP contribution in [-0.2, 0) is 9.59 Å². The van der Waals surface area contributed by atoms with Crippen molar-refractivity contribution in [2.24, 2.45) is 5.73 Å². The van der Waals surface area contributed by atoms with Crippen LogP contribution >= 0.6 is 11.8 Å². The van der Waals surface area contributed by atoms with E-state index >= 15 is 0 Å². The number of hydrogen-bond donors (Lipinski definition) is 4. The molecule has 0 aliphatic heterocycles. The molecule has 0 heterocycles. The van der Waals surface area contributed by atoms with E-state index in [1.165, 1.54) is 11.8 Å². The molecule has 0 saturated heterocycles. The maximum Gasteiger partial charge on any atom is 0.321 e. The Morgan fingerprint density at radius 2 is 1.87 bits per heavy atom. The second-order valence-electron chi connectivity index (χ2n) is 3.07. The lowest BCUT2D eigenvalue weighted by Gasteiger charge is -2.10. The highest BCUT2D eigenvalue weighted by Crippen LogP contribution is 2.08. The van der Waals surface area contributed by atoms with Gasteiger partial charge in [-0.05, 0) is 6.42 Å². The highest BCUT2D eigenvalue weighted by Gasteiger charge is 2.13. The van der Waals surface area contributed by atoms with Crippen molar-refractivity contribution in [3.8, 4) is 0 Å². The predicted molar refractivity (Wildman–Crippen MR) is 55.8 cm³/mol. The molecule has 2 unspecified atom stereocenters. The van der Waals surface area contributed by atoms with E-state index < -0.39 is 24.1 Å². The average Bonchev–Trinajstić information content (AvgIpc) is 2.14. The summed E-state index contributed by atoms with van der Waals surface area (Å²) in [6, 6.07) is -0.943. The fraction of sp³-hybridized carbons (Fsp3) is 0.750. The SMILES string of the molecule is NC(CSCC(O)CCC(=O)O)C(=O)O. The number of carbonyl (C=O) groups is 2. The summed E-state index contributed by atoms with van der Waals surface area (Å²) in [4.78, 5) is 20.5. The van der Waals surface area contributed by atoms with Crippen molar-refractivity contribution in [1.29, 1.82) is 0 Å². The molecule has 5 N–H and O–H groups in total. The summed E-state index contributed by atoms with van der Waals surface area (Å²) in [5, 5.41) is 26.1. The first-order valence-corrected chi connectivity index (χ1v) is 5.55. The number of aliphatic hydroxyl groups excluding tert-OH is 1. The van der Waals surface area contributed by atoms with E-state index in [9.17, 15) is 14.7 Å². The molecule has 0 aliphatic rings. The molecule has 7 heteroatoms. The maximum absolute atomic E-state index is 10.3. The lowest BCUT2D eigenvalue weighted by Crippen LogP contribution is -2.33. The van der Waals surface area contributed by atoms with Gasteiger partial charge in [0.15, 0.2) is 0 Å². The number of rotatable bonds is 8. The Labute approximate surface area is 91.5 Å². The van der Waals surface area contributed by atoms with E-state index in [4.69, 9.17) is 15.9 Å². The van der Waals surface area contributed by atoms with E-state index in [0.29, 0.717) is 5.75 Å². The number of aliphatic hydroxyl groups is 1. The van der Waals surface area contributed by atoms with Crippen LogP contribution in [0.5, 0.6) is 0 Å². The molecular formula is C8H15NO5S. The molecule has 0 aromatic heterocycles. The molecule has 0 aromatic rings. The number of carboxylic acids is 2. The Bertz CT molecular complexity index is 223. The predicted octanol–water partition coefficient (Wildman–Crippen LogP) is -0.643. The number of thioether (sulfide) groups is 1. The van der Waals surface area contributed by atoms with E-state index in [0.717, 1.165) is 0 Å². The molecule has 0 rings (SSSR count). The Morgan fingerprint density at radius 3 is 2.33 bits per heavy atom. The van der Waals surface area contributed by atoms with Crippen LogP contribution < -0.4 is 5.73 Å². The van der Waals surface area contributed by atoms with Crippen LogP contribution in [0.4, 0.5) is 0 Å². The Balaban J connectivity index is 3.50. The van der Waals surface area contributed by atoms with Crippen molar-refractivity contribution in [1.82, 2.24) is 0 Å². The van der Waals surface area contributed by atoms with Crippen LogP contribution in [0.15, 0.2) is 0 Å². The first-order chi connectivity index (χ1) is 6.93. The van der Waals surface area contributed by atoms with E-state index in [-0.39, 0.29) is 18.6 Å². The largest absolute Gasteiger partial charge is 0.481 e. The standard InChI is InChI=1S/C8H15NO5S/c9-6(8(13)14)4-15-3-5(10)1-2-7(11)12/h5-6,10H,1-4,9H2,(H,11,12)(H,13,14). The van der Waals surface area contributed by atoms with Gasteiger partial charge >= 0.3 is 11.9 Å². The number of carboxylic acid groups (broad SMARTS) is 2. The third-order valence-corrected chi connectivity index (χ3v) is 2.83. The van der Waals surface area contributed by atoms with Gasteiger partial charge in [-0.15, -0.1) is 0 Å². The fourth-order valence-corrected chi connectivity index (χ4v) is 1.75. The molecule has 0 spiro atoms. The first-order valence-electron chi connectivity index (χ1n) is 4.39. The van der Waals surface area contributed by atoms with Crippen LogP contribution in [0.25, 0.3) is 0 Å². The molecule has 15 heavy (non-hydrogen) atoms. The van der Waals surface area contributed by atoms with Crippen LogP contribution in [-0.4, -0.2) is 50.9 Å². The van der Waals surface area contributed by atoms with Crippen molar-refractivity contribution in [3.63, 3.8) is 0 Å². The van der Waals surface area contributed by atoms with Crippen molar-refractivity contribution in [2.45, 2.75) is 25.0 Å². The number of aliphatic carboxylic acids is 2. The summed E-state index contributed by atoms with van der Waals surface area (Å²) in [6.45, 7) is 0. The topological polar surface area (TPSA) is 121 Å². The summed E-state index contributed by atoms with van der Waals surface area (Å²) in [6.07, 6.45) is -0.649. The van der Waals surface area contributed by atoms with Crippen molar-refractivity contribution < 1.29 is 24.9 Å². The summed E-state index contributed by atoms with van der Waals surface area (Å²) in [5.74, 6) is -1.53. The van der Waals surface area contributed by atoms with Gasteiger partial charge in [0.05, 0.1) is 6.10 Å². The van der Waals surface area contributed by atoms with Crippen molar-refractivity contribution in [3.05, 3.63) is 0 Å². The van der Waals surface area contributed by atoms with Gasteiger partial charge in [0, 0.05) is 17.9 Å². The van der Waals surface area contributed by atoms with Gasteiger partial charge < -0.3 is 21.1 Å². The number of hydrogen-bond acceptors (Lipinski definition) is 5. The quantitative estimate of drug-likeness (QED) is 0.443. The van der Waals surface area contributed by atoms with Crippen LogP contribution in [0, 0.1) is 0 Å². The second kappa shape index (κ2) is 7.49. The Kier molecular flexibility index (Phi) is 7.10. The smallest absolute Gasteiger partial charge is 0.321 e. The van der Waals surface area contributed by atoms with Crippen LogP contribution in [0.1, 0.15) is 12.8 Å². The van der Waals surface area contributed by atoms with Gasteiger partial charge in [-0.3, -0.25) is 9.59 Å². The van der Waals surface area contributed by atoms with Gasteiger partial charge in [-0.25, -0.2) is 0 Å². The molecule has 0 bridgehead atoms. The Morgan fingerprint density at radius 1 is 1.27 bits per heavy atom. The third kappa shape index (κ3) is 8.22. The number of nitrogens with two attached hydrogens (primary N) is 1. The summed E-state index contributed by atoms with van der Waals surface area (Å²) in [5.41, 5.74) is 5.23. The van der Waals surface area contributed by atoms with Gasteiger partial charge in [0.2, 0.25) is 0 Å². The van der Waals surface area contributed by atoms with Gasteiger partial charge in [0.25, 0.3) is 0 Å². The third-order valence-electron chi connectivity index (χ3n) is 1.62. The van der Waals surface area contributed by atoms with Crippen LogP contribution in [0.2, 0.25) is 0 Å². The molecule has 88 valence electrons. The minimum atomic E-state index is -1.08. The lowest BCUT2D eigenvalue weighted by atomic mass is 10.2. The van der Waals surface area contributed by atoms with Crippen molar-refractivity contribution >= 4 is 23.7 Å². The van der Waals surface area contributed by atoms with Gasteiger partial charge in [0.1, 0.15) is 6.04 Å². The molecule has 0 fully saturated rings. The zero-order chi connectivity index (χ0) is 11.8. The molecule has 0 aromatic carbocycles. The molecule has 0 saturated carbocycles. The molecule has 0 aliphatic carbocycles. The highest BCUT2D eigenvalue weighted by atomic mass is 32.2. The molecule has 2 atom stereocenters. The van der Waals surface area contributed by atoms with E-state index in [1.54, 1.807) is 0 Å². The monoisotopic (exact) mass is 237 g/mol. The second-order valence-corrected chi connectivity index (χ2v) is 4.14. The average molecular weight is 237 g/mol. The minimum Gasteiger partial charge on any atom is -0.481 e. The highest BCUT2D eigenvalue weighted by molar-refractivity contribution is 7.99. The first kappa shape index (κ1) is 14.2. The fourth-order valence-electron chi connectivity index (χ4n) is 0.776. The van der Waals surface area contributed by atoms with E-state index in [1.807, 2.05) is 0 Å². The van der Waals surface area contributed by atoms with Crippen molar-refractivity contribution in [2.75, 3.05) is 11.5 Å². The maximum atomic E-state index is 10.3. The molecule has 0 radical (unpaired) electrons. The summed E-state index contributed by atoms with van der Waals surface area (Å²) >= 11 is 1.20. The minimum absolute atomic E-state index is 0.0906. The van der Waals surface area contributed by atoms with Crippen LogP contribution in [0.3, 0.4) is 0 Å². The molecule has 0 amide bonds. The zero-order valence-electron chi connectivity index (χ0n) is 8.13. The van der Waals surface area contributed by atoms with Gasteiger partial charge in [-0.2, -0.15) is 11.8 Å². The zero-order valence-corrected chi connectivity index (χ0v) is 8.94. The normalized spacial score (nSPS) is 14.5. The molecular weight excluding hydrogens is 222 g/mol. The Hall–Kier alpha value is -0.790. The van der Waals surface area contributed by atoms with Gasteiger partial charge in [-0.1, -0.05) is 0 Å².